The number of hydrogen-bond acceptors (Lipinski definition) is 4. The van der Waals surface area contributed by atoms with Crippen LogP contribution in [0.4, 0.5) is 5.69 Å². The van der Waals surface area contributed by atoms with Gasteiger partial charge in [0.15, 0.2) is 5.11 Å². The van der Waals surface area contributed by atoms with Gasteiger partial charge in [-0.15, -0.1) is 0 Å². The van der Waals surface area contributed by atoms with E-state index in [0.29, 0.717) is 5.11 Å². The third-order valence-corrected chi connectivity index (χ3v) is 6.22. The Morgan fingerprint density at radius 2 is 1.85 bits per heavy atom. The zero-order valence-electron chi connectivity index (χ0n) is 18.3. The number of pyridine rings is 1. The van der Waals surface area contributed by atoms with Gasteiger partial charge < -0.3 is 24.6 Å². The monoisotopic (exact) mass is 470 g/mol. The SMILES string of the molecule is COc1ccc(N2C(=S)N[C@@H](c3ccccn3)[C@@H]2c2cccn2-c2cccc(C(=O)O)c2)cc1. The Morgan fingerprint density at radius 3 is 2.56 bits per heavy atom. The first-order valence-corrected chi connectivity index (χ1v) is 11.1. The highest BCUT2D eigenvalue weighted by Gasteiger charge is 2.42. The minimum absolute atomic E-state index is 0.216. The molecule has 2 atom stereocenters. The van der Waals surface area contributed by atoms with Crippen LogP contribution in [0.2, 0.25) is 0 Å². The van der Waals surface area contributed by atoms with E-state index >= 15 is 0 Å². The van der Waals surface area contributed by atoms with Gasteiger partial charge >= 0.3 is 5.97 Å². The van der Waals surface area contributed by atoms with Crippen LogP contribution in [0.15, 0.2) is 91.3 Å². The van der Waals surface area contributed by atoms with Crippen LogP contribution in [0.1, 0.15) is 33.8 Å². The molecule has 34 heavy (non-hydrogen) atoms. The summed E-state index contributed by atoms with van der Waals surface area (Å²) in [5, 5.41) is 13.5. The summed E-state index contributed by atoms with van der Waals surface area (Å²) in [4.78, 5) is 18.2. The molecule has 2 aromatic carbocycles. The molecule has 1 fully saturated rings. The lowest BCUT2D eigenvalue weighted by molar-refractivity contribution is 0.0697. The van der Waals surface area contributed by atoms with Crippen molar-refractivity contribution in [2.75, 3.05) is 12.0 Å². The van der Waals surface area contributed by atoms with Crippen molar-refractivity contribution in [2.24, 2.45) is 0 Å². The highest BCUT2D eigenvalue weighted by Crippen LogP contribution is 2.42. The highest BCUT2D eigenvalue weighted by molar-refractivity contribution is 7.80. The van der Waals surface area contributed by atoms with E-state index in [1.807, 2.05) is 71.4 Å². The van der Waals surface area contributed by atoms with Gasteiger partial charge in [0.25, 0.3) is 0 Å². The van der Waals surface area contributed by atoms with Crippen LogP contribution < -0.4 is 15.0 Å². The molecule has 7 nitrogen and oxygen atoms in total. The lowest BCUT2D eigenvalue weighted by atomic mass is 10.0. The Morgan fingerprint density at radius 1 is 1.03 bits per heavy atom. The van der Waals surface area contributed by atoms with Crippen molar-refractivity contribution in [3.05, 3.63) is 108 Å². The molecule has 1 saturated heterocycles. The number of aromatic carboxylic acids is 1. The molecule has 0 spiro atoms. The molecule has 2 aromatic heterocycles. The number of anilines is 1. The fraction of sp³-hybridized carbons (Fsp3) is 0.115. The van der Waals surface area contributed by atoms with Crippen molar-refractivity contribution < 1.29 is 14.6 Å². The van der Waals surface area contributed by atoms with Gasteiger partial charge in [-0.05, 0) is 78.9 Å². The number of hydrogen-bond donors (Lipinski definition) is 2. The number of methoxy groups -OCH3 is 1. The Labute approximate surface area is 202 Å². The molecule has 0 amide bonds. The quantitative estimate of drug-likeness (QED) is 0.394. The molecule has 2 N–H and O–H groups in total. The maximum atomic E-state index is 11.6. The summed E-state index contributed by atoms with van der Waals surface area (Å²) in [7, 11) is 1.63. The number of nitrogens with zero attached hydrogens (tertiary/aromatic N) is 3. The van der Waals surface area contributed by atoms with E-state index in [4.69, 9.17) is 17.0 Å². The number of carbonyl (C=O) groups is 1. The normalized spacial score (nSPS) is 17.4. The zero-order valence-corrected chi connectivity index (χ0v) is 19.1. The summed E-state index contributed by atoms with van der Waals surface area (Å²) < 4.78 is 7.33. The van der Waals surface area contributed by atoms with Gasteiger partial charge in [-0.25, -0.2) is 4.79 Å². The smallest absolute Gasteiger partial charge is 0.335 e. The average Bonchev–Trinajstić information content (AvgIpc) is 3.49. The number of carboxylic acids is 1. The molecule has 1 aliphatic rings. The first-order valence-electron chi connectivity index (χ1n) is 10.7. The Bertz CT molecular complexity index is 1340. The van der Waals surface area contributed by atoms with Crippen molar-refractivity contribution in [1.29, 1.82) is 0 Å². The second-order valence-electron chi connectivity index (χ2n) is 7.85. The van der Waals surface area contributed by atoms with Gasteiger partial charge in [-0.2, -0.15) is 0 Å². The number of thiocarbonyl (C=S) groups is 1. The number of aromatic nitrogens is 2. The molecule has 4 aromatic rings. The zero-order chi connectivity index (χ0) is 23.7. The summed E-state index contributed by atoms with van der Waals surface area (Å²) in [6, 6.07) is 24.0. The van der Waals surface area contributed by atoms with Crippen LogP contribution >= 0.6 is 12.2 Å². The van der Waals surface area contributed by atoms with E-state index in [1.165, 1.54) is 0 Å². The Kier molecular flexibility index (Phi) is 5.73. The molecule has 1 aliphatic heterocycles. The maximum absolute atomic E-state index is 11.6. The van der Waals surface area contributed by atoms with Crippen LogP contribution in [0, 0.1) is 0 Å². The third kappa shape index (κ3) is 3.88. The summed E-state index contributed by atoms with van der Waals surface area (Å²) in [5.74, 6) is -0.209. The van der Waals surface area contributed by atoms with Crippen LogP contribution in [0.3, 0.4) is 0 Å². The summed E-state index contributed by atoms with van der Waals surface area (Å²) in [6.45, 7) is 0. The largest absolute Gasteiger partial charge is 0.497 e. The summed E-state index contributed by atoms with van der Waals surface area (Å²) in [6.07, 6.45) is 3.70. The maximum Gasteiger partial charge on any atom is 0.335 e. The number of benzene rings is 2. The summed E-state index contributed by atoms with van der Waals surface area (Å²) in [5.41, 5.74) is 3.70. The molecule has 0 bridgehead atoms. The van der Waals surface area contributed by atoms with Crippen molar-refractivity contribution in [2.45, 2.75) is 12.1 Å². The molecule has 0 aliphatic carbocycles. The second kappa shape index (κ2) is 8.99. The standard InChI is InChI=1S/C26H22N4O3S/c1-33-20-12-10-18(11-13-20)30-24(23(28-26(30)34)21-8-2-3-14-27-21)22-9-5-15-29(22)19-7-4-6-17(16-19)25(31)32/h2-16,23-24H,1H3,(H,28,34)(H,31,32)/t23-,24-/m0/s1. The predicted octanol–water partition coefficient (Wildman–Crippen LogP) is 4.76. The first-order chi connectivity index (χ1) is 16.6. The van der Waals surface area contributed by atoms with Gasteiger partial charge in [0, 0.05) is 29.5 Å². The summed E-state index contributed by atoms with van der Waals surface area (Å²) >= 11 is 5.80. The molecular formula is C26H22N4O3S. The van der Waals surface area contributed by atoms with E-state index in [-0.39, 0.29) is 17.6 Å². The van der Waals surface area contributed by atoms with Gasteiger partial charge in [0.2, 0.25) is 0 Å². The molecular weight excluding hydrogens is 448 g/mol. The first kappa shape index (κ1) is 21.7. The topological polar surface area (TPSA) is 79.6 Å². The molecule has 0 saturated carbocycles. The molecule has 0 unspecified atom stereocenters. The van der Waals surface area contributed by atoms with E-state index in [2.05, 4.69) is 15.2 Å². The fourth-order valence-electron chi connectivity index (χ4n) is 4.34. The fourth-order valence-corrected chi connectivity index (χ4v) is 4.68. The van der Waals surface area contributed by atoms with Gasteiger partial charge in [-0.3, -0.25) is 4.98 Å². The molecule has 0 radical (unpaired) electrons. The van der Waals surface area contributed by atoms with Crippen LogP contribution in [-0.4, -0.2) is 32.8 Å². The van der Waals surface area contributed by atoms with Crippen molar-refractivity contribution >= 4 is 29.0 Å². The van der Waals surface area contributed by atoms with Crippen LogP contribution in [0.5, 0.6) is 5.75 Å². The molecule has 3 heterocycles. The number of carboxylic acid groups (broad SMARTS) is 1. The minimum atomic E-state index is -0.967. The van der Waals surface area contributed by atoms with Crippen LogP contribution in [-0.2, 0) is 0 Å². The van der Waals surface area contributed by atoms with E-state index < -0.39 is 5.97 Å². The number of ether oxygens (including phenoxy) is 1. The third-order valence-electron chi connectivity index (χ3n) is 5.90. The van der Waals surface area contributed by atoms with Gasteiger partial charge in [0.1, 0.15) is 11.8 Å². The lowest BCUT2D eigenvalue weighted by Gasteiger charge is -2.29. The molecule has 170 valence electrons. The van der Waals surface area contributed by atoms with Crippen molar-refractivity contribution in [3.63, 3.8) is 0 Å². The van der Waals surface area contributed by atoms with Crippen molar-refractivity contribution in [3.8, 4) is 11.4 Å². The highest BCUT2D eigenvalue weighted by atomic mass is 32.1. The van der Waals surface area contributed by atoms with E-state index in [0.717, 1.165) is 28.5 Å². The number of nitrogens with one attached hydrogen (secondary N) is 1. The molecule has 8 heteroatoms. The van der Waals surface area contributed by atoms with Gasteiger partial charge in [-0.1, -0.05) is 12.1 Å². The minimum Gasteiger partial charge on any atom is -0.497 e. The molecule has 5 rings (SSSR count). The Balaban J connectivity index is 1.65. The van der Waals surface area contributed by atoms with Crippen LogP contribution in [0.25, 0.3) is 5.69 Å². The van der Waals surface area contributed by atoms with E-state index in [1.54, 1.807) is 31.5 Å². The van der Waals surface area contributed by atoms with E-state index in [9.17, 15) is 9.90 Å². The van der Waals surface area contributed by atoms with Gasteiger partial charge in [0.05, 0.1) is 24.4 Å². The Hall–Kier alpha value is -4.17. The average molecular weight is 471 g/mol. The second-order valence-corrected chi connectivity index (χ2v) is 8.24. The predicted molar refractivity (Wildman–Crippen MR) is 134 cm³/mol. The lowest BCUT2D eigenvalue weighted by Crippen LogP contribution is -2.30. The number of rotatable bonds is 6. The van der Waals surface area contributed by atoms with Crippen molar-refractivity contribution in [1.82, 2.24) is 14.9 Å².